The summed E-state index contributed by atoms with van der Waals surface area (Å²) in [6, 6.07) is 2.68. The highest BCUT2D eigenvalue weighted by Gasteiger charge is 2.21. The van der Waals surface area contributed by atoms with Crippen molar-refractivity contribution >= 4 is 17.3 Å². The lowest BCUT2D eigenvalue weighted by molar-refractivity contribution is -0.394. The summed E-state index contributed by atoms with van der Waals surface area (Å²) >= 11 is 0. The number of non-ortho nitro benzene ring substituents is 2. The number of rotatable bonds is 4. The fourth-order valence-corrected chi connectivity index (χ4v) is 1.19. The van der Waals surface area contributed by atoms with Crippen LogP contribution in [0.4, 0.5) is 11.4 Å². The van der Waals surface area contributed by atoms with Gasteiger partial charge in [-0.25, -0.2) is 5.06 Å². The number of hydrogen-bond acceptors (Lipinski definition) is 6. The molecule has 0 bridgehead atoms. The number of nitro groups is 2. The number of hydroxylamine groups is 2. The second-order valence-electron chi connectivity index (χ2n) is 3.24. The van der Waals surface area contributed by atoms with Crippen LogP contribution in [0.1, 0.15) is 10.4 Å². The molecule has 1 rings (SSSR count). The first-order chi connectivity index (χ1) is 8.36. The molecule has 0 N–H and O–H groups in total. The van der Waals surface area contributed by atoms with E-state index in [0.717, 1.165) is 23.3 Å². The molecule has 0 heterocycles. The first kappa shape index (κ1) is 13.5. The lowest BCUT2D eigenvalue weighted by atomic mass is 10.1. The fraction of sp³-hybridized carbons (Fsp3) is 0.222. The number of hydrogen-bond donors (Lipinski definition) is 0. The third-order valence-corrected chi connectivity index (χ3v) is 2.13. The maximum atomic E-state index is 11.7. The van der Waals surface area contributed by atoms with Crippen molar-refractivity contribution in [2.45, 2.75) is 0 Å². The summed E-state index contributed by atoms with van der Waals surface area (Å²) in [4.78, 5) is 35.9. The molecule has 0 unspecified atom stereocenters. The zero-order valence-corrected chi connectivity index (χ0v) is 9.52. The van der Waals surface area contributed by atoms with Gasteiger partial charge >= 0.3 is 0 Å². The summed E-state index contributed by atoms with van der Waals surface area (Å²) in [5.74, 6) is -0.718. The molecule has 0 aliphatic carbocycles. The van der Waals surface area contributed by atoms with Crippen molar-refractivity contribution in [3.63, 3.8) is 0 Å². The number of carbonyl (C=O) groups excluding carboxylic acids is 1. The minimum Gasteiger partial charge on any atom is -0.274 e. The normalized spacial score (nSPS) is 9.89. The van der Waals surface area contributed by atoms with Crippen LogP contribution in [0.2, 0.25) is 0 Å². The van der Waals surface area contributed by atoms with Gasteiger partial charge in [0, 0.05) is 19.2 Å². The first-order valence-corrected chi connectivity index (χ1v) is 4.63. The van der Waals surface area contributed by atoms with E-state index in [-0.39, 0.29) is 5.56 Å². The van der Waals surface area contributed by atoms with Crippen LogP contribution in [0.15, 0.2) is 18.2 Å². The number of carbonyl (C=O) groups is 1. The van der Waals surface area contributed by atoms with E-state index in [1.54, 1.807) is 0 Å². The molecule has 0 radical (unpaired) electrons. The number of nitrogens with zero attached hydrogens (tertiary/aromatic N) is 3. The van der Waals surface area contributed by atoms with Crippen molar-refractivity contribution in [2.24, 2.45) is 0 Å². The highest BCUT2D eigenvalue weighted by atomic mass is 16.7. The average molecular weight is 255 g/mol. The molecule has 0 atom stereocenters. The van der Waals surface area contributed by atoms with E-state index >= 15 is 0 Å². The lowest BCUT2D eigenvalue weighted by Crippen LogP contribution is -2.25. The molecule has 0 saturated carbocycles. The third kappa shape index (κ3) is 2.77. The largest absolute Gasteiger partial charge is 0.277 e. The van der Waals surface area contributed by atoms with Crippen molar-refractivity contribution in [1.82, 2.24) is 5.06 Å². The Hall–Kier alpha value is -2.55. The Bertz CT molecular complexity index is 483. The molecule has 18 heavy (non-hydrogen) atoms. The fourth-order valence-electron chi connectivity index (χ4n) is 1.19. The molecular weight excluding hydrogens is 246 g/mol. The summed E-state index contributed by atoms with van der Waals surface area (Å²) in [5.41, 5.74) is -1.26. The van der Waals surface area contributed by atoms with E-state index in [2.05, 4.69) is 4.84 Å². The van der Waals surface area contributed by atoms with Crippen LogP contribution in [0, 0.1) is 20.2 Å². The van der Waals surface area contributed by atoms with Crippen LogP contribution >= 0.6 is 0 Å². The Morgan fingerprint density at radius 1 is 1.17 bits per heavy atom. The highest BCUT2D eigenvalue weighted by Crippen LogP contribution is 2.23. The minimum atomic E-state index is -0.809. The SMILES string of the molecule is CON(C)C(=O)c1cc([N+](=O)[O-])cc([N+](=O)[O-])c1. The van der Waals surface area contributed by atoms with Gasteiger partial charge in [0.15, 0.2) is 0 Å². The Morgan fingerprint density at radius 3 is 1.94 bits per heavy atom. The smallest absolute Gasteiger partial charge is 0.274 e. The molecule has 1 aromatic rings. The number of amides is 1. The molecule has 9 heteroatoms. The zero-order valence-electron chi connectivity index (χ0n) is 9.52. The Labute approximate surface area is 101 Å². The molecule has 96 valence electrons. The molecule has 0 spiro atoms. The molecule has 0 aromatic heterocycles. The van der Waals surface area contributed by atoms with Gasteiger partial charge < -0.3 is 0 Å². The summed E-state index contributed by atoms with van der Waals surface area (Å²) in [5, 5.41) is 22.0. The van der Waals surface area contributed by atoms with Crippen LogP contribution in [0.5, 0.6) is 0 Å². The van der Waals surface area contributed by atoms with Gasteiger partial charge in [0.1, 0.15) is 0 Å². The van der Waals surface area contributed by atoms with Crippen molar-refractivity contribution in [3.8, 4) is 0 Å². The lowest BCUT2D eigenvalue weighted by Gasteiger charge is -2.13. The van der Waals surface area contributed by atoms with Crippen LogP contribution in [-0.4, -0.2) is 35.0 Å². The second-order valence-corrected chi connectivity index (χ2v) is 3.24. The number of benzene rings is 1. The summed E-state index contributed by atoms with van der Waals surface area (Å²) < 4.78 is 0. The minimum absolute atomic E-state index is 0.194. The standard InChI is InChI=1S/C9H9N3O6/c1-10(18-2)9(13)6-3-7(11(14)15)5-8(4-6)12(16)17/h3-5H,1-2H3. The predicted molar refractivity (Wildman–Crippen MR) is 58.9 cm³/mol. The van der Waals surface area contributed by atoms with Crippen LogP contribution in [-0.2, 0) is 4.84 Å². The Balaban J connectivity index is 3.31. The van der Waals surface area contributed by atoms with Crippen LogP contribution in [0.3, 0.4) is 0 Å². The summed E-state index contributed by atoms with van der Waals surface area (Å²) in [6.45, 7) is 0. The molecule has 1 aromatic carbocycles. The van der Waals surface area contributed by atoms with Gasteiger partial charge in [-0.15, -0.1) is 0 Å². The van der Waals surface area contributed by atoms with E-state index in [0.29, 0.717) is 0 Å². The van der Waals surface area contributed by atoms with Gasteiger partial charge in [-0.3, -0.25) is 29.9 Å². The maximum Gasteiger partial charge on any atom is 0.277 e. The van der Waals surface area contributed by atoms with Crippen molar-refractivity contribution < 1.29 is 19.5 Å². The van der Waals surface area contributed by atoms with E-state index in [1.165, 1.54) is 14.2 Å². The number of nitro benzene ring substituents is 2. The molecule has 0 aliphatic heterocycles. The maximum absolute atomic E-state index is 11.7. The van der Waals surface area contributed by atoms with E-state index in [9.17, 15) is 25.0 Å². The summed E-state index contributed by atoms with van der Waals surface area (Å²) in [7, 11) is 2.51. The van der Waals surface area contributed by atoms with Gasteiger partial charge in [-0.1, -0.05) is 0 Å². The van der Waals surface area contributed by atoms with Crippen LogP contribution in [0.25, 0.3) is 0 Å². The van der Waals surface area contributed by atoms with E-state index in [1.807, 2.05) is 0 Å². The third-order valence-electron chi connectivity index (χ3n) is 2.13. The quantitative estimate of drug-likeness (QED) is 0.588. The van der Waals surface area contributed by atoms with E-state index in [4.69, 9.17) is 0 Å². The monoisotopic (exact) mass is 255 g/mol. The summed E-state index contributed by atoms with van der Waals surface area (Å²) in [6.07, 6.45) is 0. The molecular formula is C9H9N3O6. The van der Waals surface area contributed by atoms with Crippen molar-refractivity contribution in [2.75, 3.05) is 14.2 Å². The zero-order chi connectivity index (χ0) is 13.9. The van der Waals surface area contributed by atoms with Gasteiger partial charge in [0.2, 0.25) is 0 Å². The predicted octanol–water partition coefficient (Wildman–Crippen LogP) is 1.14. The molecule has 1 amide bonds. The van der Waals surface area contributed by atoms with Gasteiger partial charge in [-0.2, -0.15) is 0 Å². The molecule has 0 saturated heterocycles. The average Bonchev–Trinajstić information content (AvgIpc) is 2.36. The van der Waals surface area contributed by atoms with E-state index < -0.39 is 27.1 Å². The second kappa shape index (κ2) is 5.19. The van der Waals surface area contributed by atoms with Gasteiger partial charge in [-0.05, 0) is 0 Å². The molecule has 0 aliphatic rings. The molecule has 0 fully saturated rings. The van der Waals surface area contributed by atoms with Crippen LogP contribution < -0.4 is 0 Å². The van der Waals surface area contributed by atoms with Crippen molar-refractivity contribution in [1.29, 1.82) is 0 Å². The topological polar surface area (TPSA) is 116 Å². The highest BCUT2D eigenvalue weighted by molar-refractivity contribution is 5.94. The van der Waals surface area contributed by atoms with Gasteiger partial charge in [0.05, 0.1) is 28.6 Å². The van der Waals surface area contributed by atoms with Gasteiger partial charge in [0.25, 0.3) is 17.3 Å². The Kier molecular flexibility index (Phi) is 3.89. The Morgan fingerprint density at radius 2 is 1.61 bits per heavy atom. The first-order valence-electron chi connectivity index (χ1n) is 4.63. The van der Waals surface area contributed by atoms with Crippen molar-refractivity contribution in [3.05, 3.63) is 44.0 Å². The molecule has 9 nitrogen and oxygen atoms in total.